The number of nitrogens with two attached hydrogens (primary N) is 1. The maximum absolute atomic E-state index is 5.88. The first kappa shape index (κ1) is 9.26. The van der Waals surface area contributed by atoms with Crippen LogP contribution in [0.25, 0.3) is 0 Å². The van der Waals surface area contributed by atoms with E-state index < -0.39 is 0 Å². The van der Waals surface area contributed by atoms with Crippen LogP contribution < -0.4 is 5.73 Å². The Kier molecular flexibility index (Phi) is 2.46. The second-order valence-corrected chi connectivity index (χ2v) is 4.42. The highest BCUT2D eigenvalue weighted by molar-refractivity contribution is 14.1. The Morgan fingerprint density at radius 3 is 3.00 bits per heavy atom. The number of anilines is 1. The molecule has 0 aliphatic carbocycles. The van der Waals surface area contributed by atoms with E-state index in [1.165, 1.54) is 0 Å². The van der Waals surface area contributed by atoms with Gasteiger partial charge in [0.2, 0.25) is 0 Å². The summed E-state index contributed by atoms with van der Waals surface area (Å²) in [4.78, 5) is 0. The molecule has 72 valence electrons. The quantitative estimate of drug-likeness (QED) is 0.797. The first-order valence-corrected chi connectivity index (χ1v) is 5.38. The molecule has 1 aromatic heterocycles. The molecule has 2 atom stereocenters. The van der Waals surface area contributed by atoms with E-state index in [1.54, 1.807) is 6.20 Å². The van der Waals surface area contributed by atoms with E-state index in [1.807, 2.05) is 4.68 Å². The lowest BCUT2D eigenvalue weighted by molar-refractivity contribution is 0.105. The van der Waals surface area contributed by atoms with Gasteiger partial charge >= 0.3 is 0 Å². The van der Waals surface area contributed by atoms with Crippen LogP contribution in [-0.4, -0.2) is 22.5 Å². The molecular formula is C8H12IN3O. The van der Waals surface area contributed by atoms with Crippen molar-refractivity contribution in [1.82, 2.24) is 9.78 Å². The number of rotatable bonds is 1. The van der Waals surface area contributed by atoms with Crippen molar-refractivity contribution < 1.29 is 4.74 Å². The Morgan fingerprint density at radius 2 is 2.54 bits per heavy atom. The highest BCUT2D eigenvalue weighted by Gasteiger charge is 2.28. The normalized spacial score (nSPS) is 28.2. The third-order valence-corrected chi connectivity index (χ3v) is 3.27. The molecule has 1 fully saturated rings. The van der Waals surface area contributed by atoms with E-state index in [-0.39, 0.29) is 6.10 Å². The summed E-state index contributed by atoms with van der Waals surface area (Å²) >= 11 is 2.19. The monoisotopic (exact) mass is 293 g/mol. The van der Waals surface area contributed by atoms with E-state index in [2.05, 4.69) is 34.6 Å². The summed E-state index contributed by atoms with van der Waals surface area (Å²) in [5.74, 6) is 0.753. The number of nitrogen functional groups attached to an aromatic ring is 1. The molecule has 1 aromatic rings. The molecule has 2 N–H and O–H groups in total. The van der Waals surface area contributed by atoms with Gasteiger partial charge in [0.15, 0.2) is 0 Å². The number of hydrogen-bond donors (Lipinski definition) is 1. The van der Waals surface area contributed by atoms with Crippen LogP contribution in [0.2, 0.25) is 0 Å². The van der Waals surface area contributed by atoms with E-state index in [9.17, 15) is 0 Å². The first-order chi connectivity index (χ1) is 6.20. The molecule has 2 unspecified atom stereocenters. The van der Waals surface area contributed by atoms with Crippen LogP contribution in [0.3, 0.4) is 0 Å². The van der Waals surface area contributed by atoms with Crippen LogP contribution in [-0.2, 0) is 4.74 Å². The Bertz CT molecular complexity index is 312. The molecule has 0 amide bonds. The fourth-order valence-electron chi connectivity index (χ4n) is 1.66. The van der Waals surface area contributed by atoms with Gasteiger partial charge in [0.25, 0.3) is 0 Å². The predicted octanol–water partition coefficient (Wildman–Crippen LogP) is 1.42. The van der Waals surface area contributed by atoms with Crippen molar-refractivity contribution in [2.45, 2.75) is 25.5 Å². The SMILES string of the molecule is CC1OCCC1n1ncc(I)c1N. The number of halogens is 1. The molecule has 1 aliphatic rings. The summed E-state index contributed by atoms with van der Waals surface area (Å²) in [7, 11) is 0. The van der Waals surface area contributed by atoms with Crippen LogP contribution in [0.15, 0.2) is 6.20 Å². The first-order valence-electron chi connectivity index (χ1n) is 4.30. The lowest BCUT2D eigenvalue weighted by atomic mass is 10.2. The number of ether oxygens (including phenoxy) is 1. The van der Waals surface area contributed by atoms with Crippen LogP contribution >= 0.6 is 22.6 Å². The van der Waals surface area contributed by atoms with Crippen LogP contribution in [0, 0.1) is 3.57 Å². The lowest BCUT2D eigenvalue weighted by Crippen LogP contribution is -2.19. The Labute approximate surface area is 90.6 Å². The van der Waals surface area contributed by atoms with Crippen molar-refractivity contribution in [3.05, 3.63) is 9.77 Å². The standard InChI is InChI=1S/C8H12IN3O/c1-5-7(2-3-13-5)12-8(10)6(9)4-11-12/h4-5,7H,2-3,10H2,1H3. The molecule has 0 saturated carbocycles. The fraction of sp³-hybridized carbons (Fsp3) is 0.625. The highest BCUT2D eigenvalue weighted by Crippen LogP contribution is 2.28. The maximum Gasteiger partial charge on any atom is 0.135 e. The van der Waals surface area contributed by atoms with Crippen LogP contribution in [0.4, 0.5) is 5.82 Å². The molecule has 0 bridgehead atoms. The van der Waals surface area contributed by atoms with Crippen LogP contribution in [0.1, 0.15) is 19.4 Å². The minimum Gasteiger partial charge on any atom is -0.383 e. The molecule has 0 aromatic carbocycles. The van der Waals surface area contributed by atoms with E-state index >= 15 is 0 Å². The van der Waals surface area contributed by atoms with Gasteiger partial charge in [-0.1, -0.05) is 0 Å². The molecule has 1 aliphatic heterocycles. The zero-order valence-corrected chi connectivity index (χ0v) is 9.56. The van der Waals surface area contributed by atoms with E-state index in [4.69, 9.17) is 10.5 Å². The summed E-state index contributed by atoms with van der Waals surface area (Å²) in [5, 5.41) is 4.25. The van der Waals surface area contributed by atoms with Gasteiger partial charge in [0, 0.05) is 6.61 Å². The van der Waals surface area contributed by atoms with Crippen molar-refractivity contribution in [3.8, 4) is 0 Å². The largest absolute Gasteiger partial charge is 0.383 e. The van der Waals surface area contributed by atoms with Gasteiger partial charge in [-0.25, -0.2) is 4.68 Å². The molecule has 2 heterocycles. The average molecular weight is 293 g/mol. The van der Waals surface area contributed by atoms with Gasteiger partial charge in [-0.2, -0.15) is 5.10 Å². The van der Waals surface area contributed by atoms with Gasteiger partial charge in [-0.15, -0.1) is 0 Å². The minimum atomic E-state index is 0.220. The second kappa shape index (κ2) is 3.45. The minimum absolute atomic E-state index is 0.220. The van der Waals surface area contributed by atoms with E-state index in [0.29, 0.717) is 6.04 Å². The van der Waals surface area contributed by atoms with Crippen molar-refractivity contribution in [2.75, 3.05) is 12.3 Å². The molecular weight excluding hydrogens is 281 g/mol. The molecule has 1 saturated heterocycles. The van der Waals surface area contributed by atoms with Crippen molar-refractivity contribution in [1.29, 1.82) is 0 Å². The van der Waals surface area contributed by atoms with Gasteiger partial charge in [-0.05, 0) is 35.9 Å². The second-order valence-electron chi connectivity index (χ2n) is 3.25. The maximum atomic E-state index is 5.88. The molecule has 13 heavy (non-hydrogen) atoms. The third kappa shape index (κ3) is 1.54. The summed E-state index contributed by atoms with van der Waals surface area (Å²) in [6, 6.07) is 0.309. The summed E-state index contributed by atoms with van der Waals surface area (Å²) < 4.78 is 8.35. The van der Waals surface area contributed by atoms with Gasteiger partial charge in [0.1, 0.15) is 5.82 Å². The third-order valence-electron chi connectivity index (χ3n) is 2.44. The van der Waals surface area contributed by atoms with Gasteiger partial charge in [0.05, 0.1) is 21.9 Å². The molecule has 2 rings (SSSR count). The van der Waals surface area contributed by atoms with Crippen LogP contribution in [0.5, 0.6) is 0 Å². The number of nitrogens with zero attached hydrogens (tertiary/aromatic N) is 2. The number of hydrogen-bond acceptors (Lipinski definition) is 3. The molecule has 5 heteroatoms. The number of aromatic nitrogens is 2. The van der Waals surface area contributed by atoms with Gasteiger partial charge in [-0.3, -0.25) is 0 Å². The summed E-state index contributed by atoms with van der Waals surface area (Å²) in [6.45, 7) is 2.87. The summed E-state index contributed by atoms with van der Waals surface area (Å²) in [5.41, 5.74) is 5.88. The molecule has 4 nitrogen and oxygen atoms in total. The fourth-order valence-corrected chi connectivity index (χ4v) is 2.03. The highest BCUT2D eigenvalue weighted by atomic mass is 127. The Balaban J connectivity index is 2.29. The average Bonchev–Trinajstić information content (AvgIpc) is 2.62. The smallest absolute Gasteiger partial charge is 0.135 e. The van der Waals surface area contributed by atoms with Crippen molar-refractivity contribution in [2.24, 2.45) is 0 Å². The molecule has 0 spiro atoms. The summed E-state index contributed by atoms with van der Waals surface area (Å²) in [6.07, 6.45) is 3.02. The molecule has 0 radical (unpaired) electrons. The van der Waals surface area contributed by atoms with E-state index in [0.717, 1.165) is 22.4 Å². The zero-order valence-electron chi connectivity index (χ0n) is 7.40. The lowest BCUT2D eigenvalue weighted by Gasteiger charge is -2.15. The zero-order chi connectivity index (χ0) is 9.42. The van der Waals surface area contributed by atoms with Gasteiger partial charge < -0.3 is 10.5 Å². The topological polar surface area (TPSA) is 53.1 Å². The van der Waals surface area contributed by atoms with Crippen molar-refractivity contribution in [3.63, 3.8) is 0 Å². The Morgan fingerprint density at radius 1 is 1.77 bits per heavy atom. The van der Waals surface area contributed by atoms with Crippen molar-refractivity contribution >= 4 is 28.4 Å². The Hall–Kier alpha value is -0.300. The predicted molar refractivity (Wildman–Crippen MR) is 58.4 cm³/mol.